The fourth-order valence-corrected chi connectivity index (χ4v) is 1.87. The summed E-state index contributed by atoms with van der Waals surface area (Å²) in [6.45, 7) is 4.36. The molecule has 0 aliphatic carbocycles. The van der Waals surface area contributed by atoms with Gasteiger partial charge in [-0.05, 0) is 21.9 Å². The van der Waals surface area contributed by atoms with Gasteiger partial charge in [0.05, 0.1) is 0 Å². The van der Waals surface area contributed by atoms with Crippen molar-refractivity contribution < 1.29 is 4.79 Å². The maximum atomic E-state index is 10.3. The lowest BCUT2D eigenvalue weighted by Gasteiger charge is -2.08. The second-order valence-electron chi connectivity index (χ2n) is 3.56. The molecule has 0 atom stereocenters. The molecular formula is C14H13NO. The molecule has 0 saturated carbocycles. The largest absolute Gasteiger partial charge is 0.355 e. The number of hydrogen-bond acceptors (Lipinski definition) is 1. The van der Waals surface area contributed by atoms with E-state index in [2.05, 4.69) is 24.0 Å². The Balaban J connectivity index is 2.59. The number of amides is 1. The van der Waals surface area contributed by atoms with Crippen molar-refractivity contribution >= 4 is 23.3 Å². The molecule has 2 rings (SSSR count). The number of carbonyl (C=O) groups excluding carboxylic acids is 1. The molecule has 2 aromatic carbocycles. The molecule has 0 aliphatic rings. The fourth-order valence-electron chi connectivity index (χ4n) is 1.87. The van der Waals surface area contributed by atoms with Crippen molar-refractivity contribution in [2.24, 2.45) is 0 Å². The number of fused-ring (bicyclic) bond motifs is 1. The molecule has 0 aromatic heterocycles. The van der Waals surface area contributed by atoms with E-state index >= 15 is 0 Å². The van der Waals surface area contributed by atoms with Crippen LogP contribution in [-0.2, 0) is 11.3 Å². The van der Waals surface area contributed by atoms with E-state index in [0.29, 0.717) is 6.54 Å². The summed E-state index contributed by atoms with van der Waals surface area (Å²) in [4.78, 5) is 10.3. The van der Waals surface area contributed by atoms with Crippen molar-refractivity contribution in [3.05, 3.63) is 54.1 Å². The lowest BCUT2D eigenvalue weighted by Crippen LogP contribution is -2.10. The highest BCUT2D eigenvalue weighted by Gasteiger charge is 2.02. The number of carbonyl (C=O) groups is 1. The SMILES string of the molecule is C=Cc1ccc(CNC=O)c2ccccc12. The third-order valence-electron chi connectivity index (χ3n) is 2.64. The number of benzene rings is 2. The Bertz CT molecular complexity index is 531. The maximum Gasteiger partial charge on any atom is 0.207 e. The van der Waals surface area contributed by atoms with Crippen LogP contribution in [0, 0.1) is 0 Å². The molecular weight excluding hydrogens is 198 g/mol. The Morgan fingerprint density at radius 3 is 2.56 bits per heavy atom. The van der Waals surface area contributed by atoms with Gasteiger partial charge in [-0.25, -0.2) is 0 Å². The highest BCUT2D eigenvalue weighted by molar-refractivity contribution is 5.92. The van der Waals surface area contributed by atoms with Crippen LogP contribution in [0.25, 0.3) is 16.8 Å². The topological polar surface area (TPSA) is 29.1 Å². The first-order chi connectivity index (χ1) is 7.86. The number of rotatable bonds is 4. The predicted octanol–water partition coefficient (Wildman–Crippen LogP) is 2.73. The summed E-state index contributed by atoms with van der Waals surface area (Å²) in [5.41, 5.74) is 2.23. The average molecular weight is 211 g/mol. The second kappa shape index (κ2) is 4.62. The molecule has 0 unspecified atom stereocenters. The first-order valence-electron chi connectivity index (χ1n) is 5.17. The van der Waals surface area contributed by atoms with Crippen molar-refractivity contribution in [3.8, 4) is 0 Å². The Morgan fingerprint density at radius 1 is 1.12 bits per heavy atom. The highest BCUT2D eigenvalue weighted by atomic mass is 16.1. The van der Waals surface area contributed by atoms with Crippen molar-refractivity contribution in [2.45, 2.75) is 6.54 Å². The van der Waals surface area contributed by atoms with Crippen LogP contribution in [0.3, 0.4) is 0 Å². The maximum absolute atomic E-state index is 10.3. The van der Waals surface area contributed by atoms with Gasteiger partial charge in [0, 0.05) is 6.54 Å². The van der Waals surface area contributed by atoms with Crippen LogP contribution in [0.2, 0.25) is 0 Å². The smallest absolute Gasteiger partial charge is 0.207 e. The summed E-state index contributed by atoms with van der Waals surface area (Å²) < 4.78 is 0. The van der Waals surface area contributed by atoms with Crippen LogP contribution in [-0.4, -0.2) is 6.41 Å². The van der Waals surface area contributed by atoms with Gasteiger partial charge in [-0.2, -0.15) is 0 Å². The summed E-state index contributed by atoms with van der Waals surface area (Å²) in [6, 6.07) is 12.2. The van der Waals surface area contributed by atoms with Gasteiger partial charge in [-0.3, -0.25) is 4.79 Å². The molecule has 0 spiro atoms. The van der Waals surface area contributed by atoms with Crippen molar-refractivity contribution in [1.82, 2.24) is 5.32 Å². The Hall–Kier alpha value is -2.09. The molecule has 0 bridgehead atoms. The average Bonchev–Trinajstić information content (AvgIpc) is 2.36. The lowest BCUT2D eigenvalue weighted by atomic mass is 9.99. The third kappa shape index (κ3) is 1.82. The van der Waals surface area contributed by atoms with E-state index in [4.69, 9.17) is 0 Å². The zero-order chi connectivity index (χ0) is 11.4. The number of nitrogens with one attached hydrogen (secondary N) is 1. The molecule has 1 amide bonds. The third-order valence-corrected chi connectivity index (χ3v) is 2.64. The minimum Gasteiger partial charge on any atom is -0.355 e. The first-order valence-corrected chi connectivity index (χ1v) is 5.17. The van der Waals surface area contributed by atoms with Crippen LogP contribution >= 0.6 is 0 Å². The van der Waals surface area contributed by atoms with E-state index in [-0.39, 0.29) is 0 Å². The van der Waals surface area contributed by atoms with E-state index < -0.39 is 0 Å². The van der Waals surface area contributed by atoms with E-state index in [1.54, 1.807) is 0 Å². The minimum atomic E-state index is 0.557. The van der Waals surface area contributed by atoms with Gasteiger partial charge in [-0.1, -0.05) is 49.1 Å². The van der Waals surface area contributed by atoms with Gasteiger partial charge in [-0.15, -0.1) is 0 Å². The van der Waals surface area contributed by atoms with E-state index in [9.17, 15) is 4.79 Å². The number of hydrogen-bond donors (Lipinski definition) is 1. The molecule has 80 valence electrons. The molecule has 0 fully saturated rings. The van der Waals surface area contributed by atoms with Crippen molar-refractivity contribution in [3.63, 3.8) is 0 Å². The lowest BCUT2D eigenvalue weighted by molar-refractivity contribution is -0.109. The summed E-state index contributed by atoms with van der Waals surface area (Å²) >= 11 is 0. The van der Waals surface area contributed by atoms with Gasteiger partial charge in [0.1, 0.15) is 0 Å². The quantitative estimate of drug-likeness (QED) is 0.774. The molecule has 0 heterocycles. The van der Waals surface area contributed by atoms with Crippen LogP contribution in [0.1, 0.15) is 11.1 Å². The van der Waals surface area contributed by atoms with E-state index in [1.165, 1.54) is 5.39 Å². The first kappa shape index (κ1) is 10.4. The van der Waals surface area contributed by atoms with Gasteiger partial charge >= 0.3 is 0 Å². The second-order valence-corrected chi connectivity index (χ2v) is 3.56. The van der Waals surface area contributed by atoms with Gasteiger partial charge in [0.15, 0.2) is 0 Å². The standard InChI is InChI=1S/C14H13NO/c1-2-11-7-8-12(9-15-10-16)14-6-4-3-5-13(11)14/h2-8,10H,1,9H2,(H,15,16). The molecule has 0 aliphatic heterocycles. The Kier molecular flexibility index (Phi) is 3.01. The zero-order valence-electron chi connectivity index (χ0n) is 8.94. The molecule has 1 N–H and O–H groups in total. The Morgan fingerprint density at radius 2 is 1.88 bits per heavy atom. The molecule has 0 saturated heterocycles. The van der Waals surface area contributed by atoms with Gasteiger partial charge < -0.3 is 5.32 Å². The summed E-state index contributed by atoms with van der Waals surface area (Å²) in [5, 5.41) is 5.02. The fraction of sp³-hybridized carbons (Fsp3) is 0.0714. The van der Waals surface area contributed by atoms with Gasteiger partial charge in [0.25, 0.3) is 0 Å². The van der Waals surface area contributed by atoms with Crippen LogP contribution in [0.15, 0.2) is 43.0 Å². The molecule has 16 heavy (non-hydrogen) atoms. The van der Waals surface area contributed by atoms with Crippen molar-refractivity contribution in [2.75, 3.05) is 0 Å². The monoisotopic (exact) mass is 211 g/mol. The van der Waals surface area contributed by atoms with Crippen LogP contribution in [0.4, 0.5) is 0 Å². The van der Waals surface area contributed by atoms with Crippen molar-refractivity contribution in [1.29, 1.82) is 0 Å². The normalized spacial score (nSPS) is 10.0. The molecule has 0 radical (unpaired) electrons. The van der Waals surface area contributed by atoms with E-state index in [0.717, 1.165) is 22.9 Å². The molecule has 2 aromatic rings. The zero-order valence-corrected chi connectivity index (χ0v) is 8.94. The summed E-state index contributed by atoms with van der Waals surface area (Å²) in [7, 11) is 0. The molecule has 2 heteroatoms. The summed E-state index contributed by atoms with van der Waals surface area (Å²) in [6.07, 6.45) is 2.56. The highest BCUT2D eigenvalue weighted by Crippen LogP contribution is 2.23. The predicted molar refractivity (Wildman–Crippen MR) is 66.9 cm³/mol. The van der Waals surface area contributed by atoms with Gasteiger partial charge in [0.2, 0.25) is 6.41 Å². The van der Waals surface area contributed by atoms with Crippen LogP contribution in [0.5, 0.6) is 0 Å². The summed E-state index contributed by atoms with van der Waals surface area (Å²) in [5.74, 6) is 0. The van der Waals surface area contributed by atoms with Crippen LogP contribution < -0.4 is 5.32 Å². The van der Waals surface area contributed by atoms with E-state index in [1.807, 2.05) is 30.3 Å². The molecule has 2 nitrogen and oxygen atoms in total. The Labute approximate surface area is 94.6 Å². The minimum absolute atomic E-state index is 0.557.